The largest absolute Gasteiger partial charge is 0.401 e. The Hall–Kier alpha value is -2.34. The number of amidine groups is 1. The number of carbonyl (C=O) groups excluding carboxylic acids is 1. The molecule has 0 bridgehead atoms. The average molecular weight is 401 g/mol. The van der Waals surface area contributed by atoms with Gasteiger partial charge in [0.05, 0.1) is 6.54 Å². The molecule has 1 aromatic heterocycles. The standard InChI is InChI=1S/C22H32N4OS/c1-8-14(2)21(27)26-10-9-16-17(13-28-18(16)12-26)15(3)25-20(24-7)11-19(23)22(4,5)6/h8,11,13H,3,9-10,12,23H2,1-2,4-7H3,(H,24,25)/b14-8+,19-11-. The van der Waals surface area contributed by atoms with Crippen molar-refractivity contribution in [3.63, 3.8) is 0 Å². The van der Waals surface area contributed by atoms with Crippen LogP contribution < -0.4 is 11.1 Å². The van der Waals surface area contributed by atoms with Gasteiger partial charge in [-0.2, -0.15) is 0 Å². The third-order valence-electron chi connectivity index (χ3n) is 5.01. The molecule has 5 nitrogen and oxygen atoms in total. The molecule has 2 heterocycles. The highest BCUT2D eigenvalue weighted by Gasteiger charge is 2.25. The summed E-state index contributed by atoms with van der Waals surface area (Å²) < 4.78 is 0. The zero-order chi connectivity index (χ0) is 21.1. The Morgan fingerprint density at radius 2 is 2.11 bits per heavy atom. The number of aliphatic imine (C=N–C) groups is 1. The zero-order valence-corrected chi connectivity index (χ0v) is 18.7. The van der Waals surface area contributed by atoms with Crippen LogP contribution in [-0.4, -0.2) is 30.2 Å². The minimum absolute atomic E-state index is 0.114. The lowest BCUT2D eigenvalue weighted by Crippen LogP contribution is -2.36. The van der Waals surface area contributed by atoms with Crippen LogP contribution in [0.4, 0.5) is 0 Å². The van der Waals surface area contributed by atoms with Gasteiger partial charge >= 0.3 is 0 Å². The van der Waals surface area contributed by atoms with E-state index in [-0.39, 0.29) is 11.3 Å². The molecule has 28 heavy (non-hydrogen) atoms. The van der Waals surface area contributed by atoms with E-state index in [4.69, 9.17) is 5.73 Å². The molecule has 0 spiro atoms. The topological polar surface area (TPSA) is 70.7 Å². The maximum Gasteiger partial charge on any atom is 0.249 e. The fourth-order valence-corrected chi connectivity index (χ4v) is 4.00. The van der Waals surface area contributed by atoms with Crippen molar-refractivity contribution in [2.75, 3.05) is 13.6 Å². The van der Waals surface area contributed by atoms with Gasteiger partial charge in [-0.05, 0) is 31.9 Å². The van der Waals surface area contributed by atoms with Gasteiger partial charge in [-0.15, -0.1) is 11.3 Å². The number of hydrogen-bond acceptors (Lipinski definition) is 4. The highest BCUT2D eigenvalue weighted by molar-refractivity contribution is 7.10. The number of nitrogens with two attached hydrogens (primary N) is 1. The Balaban J connectivity index is 2.16. The van der Waals surface area contributed by atoms with Crippen molar-refractivity contribution in [1.29, 1.82) is 0 Å². The minimum Gasteiger partial charge on any atom is -0.401 e. The molecule has 2 rings (SSSR count). The van der Waals surface area contributed by atoms with E-state index in [9.17, 15) is 4.79 Å². The molecule has 0 radical (unpaired) electrons. The van der Waals surface area contributed by atoms with Crippen molar-refractivity contribution in [1.82, 2.24) is 10.2 Å². The van der Waals surface area contributed by atoms with E-state index in [0.29, 0.717) is 12.4 Å². The van der Waals surface area contributed by atoms with Gasteiger partial charge in [-0.3, -0.25) is 9.79 Å². The molecule has 0 fully saturated rings. The fourth-order valence-electron chi connectivity index (χ4n) is 2.87. The molecule has 0 saturated heterocycles. The molecule has 0 atom stereocenters. The van der Waals surface area contributed by atoms with E-state index in [0.717, 1.165) is 35.5 Å². The molecule has 6 heteroatoms. The Bertz CT molecular complexity index is 852. The number of hydrogen-bond donors (Lipinski definition) is 2. The second-order valence-electron chi connectivity index (χ2n) is 8.06. The third-order valence-corrected chi connectivity index (χ3v) is 6.02. The smallest absolute Gasteiger partial charge is 0.249 e. The predicted molar refractivity (Wildman–Crippen MR) is 120 cm³/mol. The number of thiophene rings is 1. The van der Waals surface area contributed by atoms with Crippen LogP contribution >= 0.6 is 11.3 Å². The first-order valence-corrected chi connectivity index (χ1v) is 10.4. The normalized spacial score (nSPS) is 16.1. The van der Waals surface area contributed by atoms with E-state index in [1.54, 1.807) is 18.4 Å². The molecule has 1 aromatic rings. The van der Waals surface area contributed by atoms with Crippen LogP contribution in [0.15, 0.2) is 40.4 Å². The van der Waals surface area contributed by atoms with Gasteiger partial charge in [-0.25, -0.2) is 0 Å². The number of nitrogens with one attached hydrogen (secondary N) is 1. The summed E-state index contributed by atoms with van der Waals surface area (Å²) in [5.74, 6) is 0.803. The summed E-state index contributed by atoms with van der Waals surface area (Å²) in [7, 11) is 1.73. The fraction of sp³-hybridized carbons (Fsp3) is 0.455. The number of carbonyl (C=O) groups is 1. The SMILES string of the molecule is C=C(NC(/C=C(\N)C(C)(C)C)=NC)c1csc2c1CCN(C(=O)/C(C)=C/C)C2. The Morgan fingerprint density at radius 1 is 1.43 bits per heavy atom. The van der Waals surface area contributed by atoms with Crippen LogP contribution in [0, 0.1) is 5.41 Å². The third kappa shape index (κ3) is 4.93. The predicted octanol–water partition coefficient (Wildman–Crippen LogP) is 4.08. The quantitative estimate of drug-likeness (QED) is 0.454. The van der Waals surface area contributed by atoms with Crippen LogP contribution in [0.1, 0.15) is 50.6 Å². The highest BCUT2D eigenvalue weighted by Crippen LogP contribution is 2.32. The lowest BCUT2D eigenvalue weighted by molar-refractivity contribution is -0.127. The van der Waals surface area contributed by atoms with Gasteiger partial charge in [0.2, 0.25) is 5.91 Å². The molecule has 0 saturated carbocycles. The molecule has 1 aliphatic rings. The second kappa shape index (κ2) is 8.78. The van der Waals surface area contributed by atoms with Crippen molar-refractivity contribution in [2.24, 2.45) is 16.1 Å². The van der Waals surface area contributed by atoms with E-state index in [2.05, 4.69) is 43.0 Å². The van der Waals surface area contributed by atoms with Crippen molar-refractivity contribution >= 4 is 28.8 Å². The molecule has 0 aliphatic carbocycles. The van der Waals surface area contributed by atoms with Crippen LogP contribution in [-0.2, 0) is 17.8 Å². The molecule has 0 unspecified atom stereocenters. The summed E-state index contributed by atoms with van der Waals surface area (Å²) in [6.07, 6.45) is 4.56. The van der Waals surface area contributed by atoms with Gasteiger partial charge in [-0.1, -0.05) is 33.4 Å². The summed E-state index contributed by atoms with van der Waals surface area (Å²) in [5.41, 5.74) is 10.8. The number of fused-ring (bicyclic) bond motifs is 1. The molecule has 0 aromatic carbocycles. The second-order valence-corrected chi connectivity index (χ2v) is 9.03. The number of rotatable bonds is 4. The van der Waals surface area contributed by atoms with Crippen molar-refractivity contribution in [3.8, 4) is 0 Å². The number of allylic oxidation sites excluding steroid dienone is 2. The van der Waals surface area contributed by atoms with Gasteiger partial charge in [0.15, 0.2) is 0 Å². The minimum atomic E-state index is -0.123. The van der Waals surface area contributed by atoms with E-state index in [1.165, 1.54) is 10.4 Å². The zero-order valence-electron chi connectivity index (χ0n) is 17.8. The number of nitrogens with zero attached hydrogens (tertiary/aromatic N) is 2. The van der Waals surface area contributed by atoms with Gasteiger partial charge < -0.3 is 16.0 Å². The molecule has 1 aliphatic heterocycles. The van der Waals surface area contributed by atoms with Gasteiger partial charge in [0.25, 0.3) is 0 Å². The van der Waals surface area contributed by atoms with Crippen molar-refractivity contribution in [2.45, 2.75) is 47.6 Å². The van der Waals surface area contributed by atoms with Gasteiger partial charge in [0.1, 0.15) is 5.84 Å². The Labute approximate surface area is 172 Å². The van der Waals surface area contributed by atoms with Crippen molar-refractivity contribution < 1.29 is 4.79 Å². The molecular weight excluding hydrogens is 368 g/mol. The van der Waals surface area contributed by atoms with Gasteiger partial charge in [0, 0.05) is 51.8 Å². The molecular formula is C22H32N4OS. The summed E-state index contributed by atoms with van der Waals surface area (Å²) in [5, 5.41) is 5.41. The lowest BCUT2D eigenvalue weighted by atomic mass is 9.92. The van der Waals surface area contributed by atoms with Crippen LogP contribution in [0.25, 0.3) is 5.70 Å². The van der Waals surface area contributed by atoms with E-state index >= 15 is 0 Å². The first-order chi connectivity index (χ1) is 13.1. The average Bonchev–Trinajstić information content (AvgIpc) is 3.08. The molecule has 152 valence electrons. The monoisotopic (exact) mass is 400 g/mol. The lowest BCUT2D eigenvalue weighted by Gasteiger charge is -2.28. The summed E-state index contributed by atoms with van der Waals surface area (Å²) in [6, 6.07) is 0. The highest BCUT2D eigenvalue weighted by atomic mass is 32.1. The maximum atomic E-state index is 12.4. The number of amides is 1. The molecule has 3 N–H and O–H groups in total. The molecule has 1 amide bonds. The Kier molecular flexibility index (Phi) is 6.88. The first-order valence-electron chi connectivity index (χ1n) is 9.50. The maximum absolute atomic E-state index is 12.4. The van der Waals surface area contributed by atoms with E-state index < -0.39 is 0 Å². The summed E-state index contributed by atoms with van der Waals surface area (Å²) in [4.78, 5) is 19.9. The van der Waals surface area contributed by atoms with Crippen molar-refractivity contribution in [3.05, 3.63) is 51.4 Å². The first kappa shape index (κ1) is 22.0. The Morgan fingerprint density at radius 3 is 2.68 bits per heavy atom. The summed E-state index contributed by atoms with van der Waals surface area (Å²) in [6.45, 7) is 15.6. The van der Waals surface area contributed by atoms with E-state index in [1.807, 2.05) is 30.9 Å². The van der Waals surface area contributed by atoms with Crippen LogP contribution in [0.5, 0.6) is 0 Å². The van der Waals surface area contributed by atoms with Crippen LogP contribution in [0.3, 0.4) is 0 Å². The van der Waals surface area contributed by atoms with Crippen LogP contribution in [0.2, 0.25) is 0 Å². The summed E-state index contributed by atoms with van der Waals surface area (Å²) >= 11 is 1.68.